The largest absolute Gasteiger partial charge is 0.450 e. The van der Waals surface area contributed by atoms with Crippen LogP contribution < -0.4 is 5.32 Å². The topological polar surface area (TPSA) is 96.0 Å². The third-order valence-electron chi connectivity index (χ3n) is 7.23. The van der Waals surface area contributed by atoms with Gasteiger partial charge in [-0.05, 0) is 57.2 Å². The molecule has 2 aliphatic rings. The number of hydrogen-bond donors (Lipinski definition) is 1. The molecule has 0 bridgehead atoms. The molecule has 0 radical (unpaired) electrons. The lowest BCUT2D eigenvalue weighted by atomic mass is 9.96. The monoisotopic (exact) mass is 531 g/mol. The number of carbonyl (C=O) groups is 2. The van der Waals surface area contributed by atoms with Crippen LogP contribution in [0.2, 0.25) is 0 Å². The highest BCUT2D eigenvalue weighted by molar-refractivity contribution is 7.89. The average molecular weight is 532 g/mol. The van der Waals surface area contributed by atoms with E-state index in [9.17, 15) is 18.0 Å². The Morgan fingerprint density at radius 3 is 2.41 bits per heavy atom. The zero-order chi connectivity index (χ0) is 26.6. The quantitative estimate of drug-likeness (QED) is 0.584. The maximum absolute atomic E-state index is 15.1. The number of benzene rings is 2. The second kappa shape index (κ2) is 11.6. The number of halogens is 1. The predicted molar refractivity (Wildman–Crippen MR) is 139 cm³/mol. The van der Waals surface area contributed by atoms with Crippen molar-refractivity contribution in [3.63, 3.8) is 0 Å². The Kier molecular flexibility index (Phi) is 8.49. The number of likely N-dealkylation sites (tertiary alicyclic amines) is 1. The van der Waals surface area contributed by atoms with E-state index in [4.69, 9.17) is 4.74 Å². The maximum Gasteiger partial charge on any atom is 0.409 e. The van der Waals surface area contributed by atoms with Crippen molar-refractivity contribution in [2.75, 3.05) is 25.0 Å². The van der Waals surface area contributed by atoms with Crippen LogP contribution in [-0.2, 0) is 26.1 Å². The molecule has 0 saturated carbocycles. The van der Waals surface area contributed by atoms with Crippen molar-refractivity contribution < 1.29 is 27.1 Å². The van der Waals surface area contributed by atoms with Gasteiger partial charge in [0.2, 0.25) is 15.9 Å². The molecule has 0 aromatic heterocycles. The summed E-state index contributed by atoms with van der Waals surface area (Å²) < 4.78 is 48.4. The Balaban J connectivity index is 1.40. The third kappa shape index (κ3) is 6.13. The van der Waals surface area contributed by atoms with Gasteiger partial charge in [-0.25, -0.2) is 17.6 Å². The Morgan fingerprint density at radius 1 is 1.05 bits per heavy atom. The van der Waals surface area contributed by atoms with Gasteiger partial charge in [0.15, 0.2) is 0 Å². The molecule has 2 heterocycles. The number of piperidine rings is 1. The maximum atomic E-state index is 15.1. The van der Waals surface area contributed by atoms with E-state index in [1.165, 1.54) is 16.4 Å². The van der Waals surface area contributed by atoms with Gasteiger partial charge in [0.05, 0.1) is 6.61 Å². The van der Waals surface area contributed by atoms with E-state index in [1.54, 1.807) is 17.9 Å². The second-order valence-corrected chi connectivity index (χ2v) is 11.7. The smallest absolute Gasteiger partial charge is 0.409 e. The van der Waals surface area contributed by atoms with E-state index >= 15 is 4.39 Å². The van der Waals surface area contributed by atoms with Gasteiger partial charge in [-0.3, -0.25) is 4.79 Å². The molecular weight excluding hydrogens is 497 g/mol. The summed E-state index contributed by atoms with van der Waals surface area (Å²) in [6.07, 6.45) is 1.83. The first-order valence-electron chi connectivity index (χ1n) is 12.8. The van der Waals surface area contributed by atoms with E-state index in [1.807, 2.05) is 37.3 Å². The van der Waals surface area contributed by atoms with Crippen molar-refractivity contribution in [1.29, 1.82) is 0 Å². The molecule has 2 saturated heterocycles. The molecular formula is C27H34FN3O5S. The fourth-order valence-corrected chi connectivity index (χ4v) is 7.24. The number of amides is 2. The van der Waals surface area contributed by atoms with E-state index in [-0.39, 0.29) is 36.1 Å². The van der Waals surface area contributed by atoms with Gasteiger partial charge in [-0.2, -0.15) is 4.31 Å². The van der Waals surface area contributed by atoms with Crippen molar-refractivity contribution in [2.24, 2.45) is 5.92 Å². The molecule has 10 heteroatoms. The third-order valence-corrected chi connectivity index (χ3v) is 9.60. The van der Waals surface area contributed by atoms with Crippen LogP contribution in [0.1, 0.15) is 55.9 Å². The van der Waals surface area contributed by atoms with Crippen molar-refractivity contribution in [3.8, 4) is 0 Å². The van der Waals surface area contributed by atoms with E-state index < -0.39 is 21.1 Å². The summed E-state index contributed by atoms with van der Waals surface area (Å²) in [5.41, 5.74) is 1.31. The Morgan fingerprint density at radius 2 is 1.76 bits per heavy atom. The summed E-state index contributed by atoms with van der Waals surface area (Å²) in [4.78, 5) is 26.2. The summed E-state index contributed by atoms with van der Waals surface area (Å²) in [5, 5.41) is 2.11. The molecule has 37 heavy (non-hydrogen) atoms. The number of nitrogens with zero attached hydrogens (tertiary/aromatic N) is 2. The van der Waals surface area contributed by atoms with Crippen LogP contribution in [0.5, 0.6) is 0 Å². The van der Waals surface area contributed by atoms with Gasteiger partial charge in [-0.1, -0.05) is 36.4 Å². The molecule has 0 aliphatic carbocycles. The normalized spacial score (nSPS) is 22.4. The minimum atomic E-state index is -3.68. The summed E-state index contributed by atoms with van der Waals surface area (Å²) in [6, 6.07) is 13.2. The van der Waals surface area contributed by atoms with Gasteiger partial charge < -0.3 is 15.0 Å². The zero-order valence-corrected chi connectivity index (χ0v) is 22.0. The van der Waals surface area contributed by atoms with Gasteiger partial charge >= 0.3 is 6.09 Å². The fraction of sp³-hybridized carbons (Fsp3) is 0.481. The number of sulfonamides is 1. The lowest BCUT2D eigenvalue weighted by Gasteiger charge is -2.37. The number of hydrogen-bond acceptors (Lipinski definition) is 5. The van der Waals surface area contributed by atoms with Crippen LogP contribution in [0.4, 0.5) is 14.9 Å². The lowest BCUT2D eigenvalue weighted by molar-refractivity contribution is -0.121. The van der Waals surface area contributed by atoms with Gasteiger partial charge in [-0.15, -0.1) is 0 Å². The van der Waals surface area contributed by atoms with Crippen LogP contribution in [0.25, 0.3) is 0 Å². The highest BCUT2D eigenvalue weighted by atomic mass is 32.2. The Labute approximate surface area is 217 Å². The van der Waals surface area contributed by atoms with Crippen LogP contribution in [-0.4, -0.2) is 55.4 Å². The van der Waals surface area contributed by atoms with Crippen molar-refractivity contribution in [2.45, 2.75) is 57.4 Å². The first-order chi connectivity index (χ1) is 17.7. The number of rotatable bonds is 6. The van der Waals surface area contributed by atoms with Gasteiger partial charge in [0.25, 0.3) is 0 Å². The minimum absolute atomic E-state index is 0.0702. The molecule has 2 atom stereocenters. The van der Waals surface area contributed by atoms with Crippen LogP contribution in [0.15, 0.2) is 48.5 Å². The molecule has 4 rings (SSSR count). The first-order valence-corrected chi connectivity index (χ1v) is 14.3. The van der Waals surface area contributed by atoms with Crippen LogP contribution in [0.3, 0.4) is 0 Å². The SMILES string of the molecule is CCOC(=O)N1CCC(C(=O)Nc2ccc(CN3[C@@H](C)CCC(c4ccccc4)S3(=O)=O)c(F)c2)CC1. The Hall–Kier alpha value is -2.98. The summed E-state index contributed by atoms with van der Waals surface area (Å²) >= 11 is 0. The molecule has 8 nitrogen and oxygen atoms in total. The molecule has 200 valence electrons. The van der Waals surface area contributed by atoms with Crippen molar-refractivity contribution in [1.82, 2.24) is 9.21 Å². The first kappa shape index (κ1) is 27.1. The fourth-order valence-electron chi connectivity index (χ4n) is 5.06. The van der Waals surface area contributed by atoms with Gasteiger partial charge in [0.1, 0.15) is 11.1 Å². The number of nitrogens with one attached hydrogen (secondary N) is 1. The van der Waals surface area contributed by atoms with E-state index in [0.29, 0.717) is 51.1 Å². The Bertz CT molecular complexity index is 1220. The highest BCUT2D eigenvalue weighted by Gasteiger charge is 2.40. The van der Waals surface area contributed by atoms with Gasteiger partial charge in [0, 0.05) is 42.8 Å². The van der Waals surface area contributed by atoms with E-state index in [0.717, 1.165) is 5.56 Å². The minimum Gasteiger partial charge on any atom is -0.450 e. The highest BCUT2D eigenvalue weighted by Crippen LogP contribution is 2.38. The molecule has 2 aromatic rings. The predicted octanol–water partition coefficient (Wildman–Crippen LogP) is 4.69. The molecule has 2 aromatic carbocycles. The standard InChI is InChI=1S/C27H34FN3O5S/c1-3-36-27(33)30-15-13-21(14-16-30)26(32)29-23-11-10-22(24(28)17-23)18-31-19(2)9-12-25(37(31,34)35)20-7-5-4-6-8-20/h4-8,10-11,17,19,21,25H,3,9,12-16,18H2,1-2H3,(H,29,32)/t19-,25?/m0/s1. The van der Waals surface area contributed by atoms with Crippen molar-refractivity contribution >= 4 is 27.7 Å². The average Bonchev–Trinajstić information content (AvgIpc) is 2.88. The molecule has 2 amide bonds. The molecule has 0 spiro atoms. The van der Waals surface area contributed by atoms with Crippen molar-refractivity contribution in [3.05, 3.63) is 65.5 Å². The number of ether oxygens (including phenoxy) is 1. The van der Waals surface area contributed by atoms with E-state index in [2.05, 4.69) is 5.32 Å². The second-order valence-electron chi connectivity index (χ2n) is 9.67. The number of anilines is 1. The summed E-state index contributed by atoms with van der Waals surface area (Å²) in [7, 11) is -3.68. The molecule has 1 N–H and O–H groups in total. The molecule has 2 aliphatic heterocycles. The summed E-state index contributed by atoms with van der Waals surface area (Å²) in [6.45, 7) is 4.68. The lowest BCUT2D eigenvalue weighted by Crippen LogP contribution is -2.44. The summed E-state index contributed by atoms with van der Waals surface area (Å²) in [5.74, 6) is -1.09. The zero-order valence-electron chi connectivity index (χ0n) is 21.2. The van der Waals surface area contributed by atoms with Crippen LogP contribution in [0, 0.1) is 11.7 Å². The molecule has 2 fully saturated rings. The van der Waals surface area contributed by atoms with Crippen LogP contribution >= 0.6 is 0 Å². The molecule has 1 unspecified atom stereocenters. The number of carbonyl (C=O) groups excluding carboxylic acids is 2.